The molecule has 0 aliphatic carbocycles. The minimum atomic E-state index is -0.350. The largest absolute Gasteiger partial charge is 0.328 e. The van der Waals surface area contributed by atoms with Gasteiger partial charge in [0.15, 0.2) is 0 Å². The molecule has 0 fully saturated rings. The molecule has 1 aromatic heterocycles. The minimum Gasteiger partial charge on any atom is -0.300 e. The summed E-state index contributed by atoms with van der Waals surface area (Å²) in [6.07, 6.45) is 2.47. The summed E-state index contributed by atoms with van der Waals surface area (Å²) in [6, 6.07) is 9.32. The van der Waals surface area contributed by atoms with Gasteiger partial charge in [0.25, 0.3) is 5.56 Å². The quantitative estimate of drug-likeness (QED) is 0.871. The van der Waals surface area contributed by atoms with Gasteiger partial charge in [-0.2, -0.15) is 0 Å². The van der Waals surface area contributed by atoms with E-state index < -0.39 is 0 Å². The molecule has 0 unspecified atom stereocenters. The monoisotopic (exact) mass is 230 g/mol. The second-order valence-corrected chi connectivity index (χ2v) is 3.86. The van der Waals surface area contributed by atoms with Crippen molar-refractivity contribution in [3.63, 3.8) is 0 Å². The van der Waals surface area contributed by atoms with Gasteiger partial charge >= 0.3 is 5.69 Å². The summed E-state index contributed by atoms with van der Waals surface area (Å²) in [7, 11) is 0. The van der Waals surface area contributed by atoms with E-state index in [0.29, 0.717) is 12.1 Å². The second kappa shape index (κ2) is 4.82. The van der Waals surface area contributed by atoms with Crippen molar-refractivity contribution in [2.24, 2.45) is 0 Å². The third kappa shape index (κ3) is 2.36. The molecule has 0 spiro atoms. The summed E-state index contributed by atoms with van der Waals surface area (Å²) in [5.74, 6) is 0. The molecule has 0 bridgehead atoms. The Bertz CT molecular complexity index is 611. The van der Waals surface area contributed by atoms with Crippen molar-refractivity contribution in [2.45, 2.75) is 19.9 Å². The van der Waals surface area contributed by atoms with E-state index in [2.05, 4.69) is 4.98 Å². The fourth-order valence-electron chi connectivity index (χ4n) is 1.74. The summed E-state index contributed by atoms with van der Waals surface area (Å²) < 4.78 is 1.53. The first-order valence-electron chi connectivity index (χ1n) is 5.61. The molecule has 2 aromatic rings. The van der Waals surface area contributed by atoms with Crippen molar-refractivity contribution < 1.29 is 0 Å². The molecule has 2 rings (SSSR count). The maximum absolute atomic E-state index is 11.7. The molecule has 0 saturated heterocycles. The minimum absolute atomic E-state index is 0.339. The maximum Gasteiger partial charge on any atom is 0.328 e. The van der Waals surface area contributed by atoms with E-state index in [1.165, 1.54) is 4.57 Å². The highest BCUT2D eigenvalue weighted by atomic mass is 16.2. The van der Waals surface area contributed by atoms with E-state index >= 15 is 0 Å². The highest BCUT2D eigenvalue weighted by Gasteiger charge is 2.05. The Balaban J connectivity index is 2.59. The van der Waals surface area contributed by atoms with Crippen molar-refractivity contribution >= 4 is 0 Å². The maximum atomic E-state index is 11.7. The zero-order valence-electron chi connectivity index (χ0n) is 9.64. The lowest BCUT2D eigenvalue weighted by Gasteiger charge is -2.06. The van der Waals surface area contributed by atoms with Crippen LogP contribution in [0.2, 0.25) is 0 Å². The molecule has 0 atom stereocenters. The third-order valence-corrected chi connectivity index (χ3v) is 2.56. The summed E-state index contributed by atoms with van der Waals surface area (Å²) >= 11 is 0. The van der Waals surface area contributed by atoms with Crippen LogP contribution in [0, 0.1) is 0 Å². The van der Waals surface area contributed by atoms with Crippen LogP contribution in [0.4, 0.5) is 0 Å². The predicted molar refractivity (Wildman–Crippen MR) is 67.0 cm³/mol. The molecule has 1 aromatic carbocycles. The number of hydrogen-bond donors (Lipinski definition) is 1. The lowest BCUT2D eigenvalue weighted by atomic mass is 10.1. The van der Waals surface area contributed by atoms with Crippen molar-refractivity contribution in [1.82, 2.24) is 9.55 Å². The number of aromatic nitrogens is 2. The first-order valence-corrected chi connectivity index (χ1v) is 5.61. The number of aromatic amines is 1. The van der Waals surface area contributed by atoms with Crippen LogP contribution in [0.15, 0.2) is 46.1 Å². The molecule has 1 heterocycles. The van der Waals surface area contributed by atoms with Crippen LogP contribution in [0.25, 0.3) is 11.1 Å². The Hall–Kier alpha value is -2.10. The van der Waals surface area contributed by atoms with Gasteiger partial charge in [-0.05, 0) is 12.0 Å². The molecular formula is C13H14N2O2. The number of hydrogen-bond acceptors (Lipinski definition) is 2. The average molecular weight is 230 g/mol. The first-order chi connectivity index (χ1) is 8.22. The molecule has 1 N–H and O–H groups in total. The van der Waals surface area contributed by atoms with Crippen molar-refractivity contribution in [2.75, 3.05) is 0 Å². The normalized spacial score (nSPS) is 10.4. The molecule has 0 aliphatic heterocycles. The number of rotatable bonds is 3. The topological polar surface area (TPSA) is 54.9 Å². The van der Waals surface area contributed by atoms with E-state index in [0.717, 1.165) is 12.0 Å². The summed E-state index contributed by atoms with van der Waals surface area (Å²) in [5.41, 5.74) is 0.655. The molecule has 88 valence electrons. The highest BCUT2D eigenvalue weighted by Crippen LogP contribution is 2.12. The Morgan fingerprint density at radius 2 is 1.88 bits per heavy atom. The molecule has 0 aliphatic rings. The van der Waals surface area contributed by atoms with Crippen LogP contribution in [-0.4, -0.2) is 9.55 Å². The zero-order valence-corrected chi connectivity index (χ0v) is 9.64. The van der Waals surface area contributed by atoms with Gasteiger partial charge in [0.1, 0.15) is 0 Å². The zero-order chi connectivity index (χ0) is 12.3. The van der Waals surface area contributed by atoms with E-state index in [1.54, 1.807) is 6.20 Å². The predicted octanol–water partition coefficient (Wildman–Crippen LogP) is 1.61. The van der Waals surface area contributed by atoms with E-state index in [4.69, 9.17) is 0 Å². The second-order valence-electron chi connectivity index (χ2n) is 3.86. The third-order valence-electron chi connectivity index (χ3n) is 2.56. The van der Waals surface area contributed by atoms with Gasteiger partial charge in [0.2, 0.25) is 0 Å². The number of nitrogens with zero attached hydrogens (tertiary/aromatic N) is 1. The van der Waals surface area contributed by atoms with Crippen LogP contribution in [0.1, 0.15) is 13.3 Å². The Morgan fingerprint density at radius 1 is 1.18 bits per heavy atom. The van der Waals surface area contributed by atoms with Crippen molar-refractivity contribution in [1.29, 1.82) is 0 Å². The van der Waals surface area contributed by atoms with Gasteiger partial charge in [-0.1, -0.05) is 37.3 Å². The van der Waals surface area contributed by atoms with Gasteiger partial charge in [0, 0.05) is 12.7 Å². The number of aryl methyl sites for hydroxylation is 1. The Kier molecular flexibility index (Phi) is 3.23. The molecular weight excluding hydrogens is 216 g/mol. The fourth-order valence-corrected chi connectivity index (χ4v) is 1.74. The van der Waals surface area contributed by atoms with Gasteiger partial charge in [-0.3, -0.25) is 14.3 Å². The van der Waals surface area contributed by atoms with E-state index in [1.807, 2.05) is 37.3 Å². The molecule has 0 radical (unpaired) electrons. The van der Waals surface area contributed by atoms with Gasteiger partial charge in [-0.15, -0.1) is 0 Å². The Labute approximate surface area is 98.6 Å². The van der Waals surface area contributed by atoms with Crippen LogP contribution in [0.5, 0.6) is 0 Å². The molecule has 17 heavy (non-hydrogen) atoms. The van der Waals surface area contributed by atoms with Crippen molar-refractivity contribution in [3.8, 4) is 11.1 Å². The average Bonchev–Trinajstić information content (AvgIpc) is 2.34. The molecule has 4 nitrogen and oxygen atoms in total. The molecule has 4 heteroatoms. The lowest BCUT2D eigenvalue weighted by molar-refractivity contribution is 0.633. The van der Waals surface area contributed by atoms with Gasteiger partial charge < -0.3 is 0 Å². The van der Waals surface area contributed by atoms with Crippen LogP contribution in [-0.2, 0) is 6.54 Å². The smallest absolute Gasteiger partial charge is 0.300 e. The molecule has 0 saturated carbocycles. The van der Waals surface area contributed by atoms with Crippen LogP contribution >= 0.6 is 0 Å². The summed E-state index contributed by atoms with van der Waals surface area (Å²) in [5, 5.41) is 0. The standard InChI is InChI=1S/C13H14N2O2/c1-2-8-15-9-11(12(16)14-13(15)17)10-6-4-3-5-7-10/h3-7,9H,2,8H2,1H3,(H,14,16,17). The van der Waals surface area contributed by atoms with Gasteiger partial charge in [0.05, 0.1) is 5.56 Å². The van der Waals surface area contributed by atoms with E-state index in [9.17, 15) is 9.59 Å². The number of benzene rings is 1. The highest BCUT2D eigenvalue weighted by molar-refractivity contribution is 5.60. The first kappa shape index (κ1) is 11.4. The van der Waals surface area contributed by atoms with Gasteiger partial charge in [-0.25, -0.2) is 4.79 Å². The summed E-state index contributed by atoms with van der Waals surface area (Å²) in [6.45, 7) is 2.59. The lowest BCUT2D eigenvalue weighted by Crippen LogP contribution is -2.30. The summed E-state index contributed by atoms with van der Waals surface area (Å²) in [4.78, 5) is 25.6. The van der Waals surface area contributed by atoms with Crippen LogP contribution in [0.3, 0.4) is 0 Å². The van der Waals surface area contributed by atoms with Crippen LogP contribution < -0.4 is 11.2 Å². The van der Waals surface area contributed by atoms with Crippen molar-refractivity contribution in [3.05, 3.63) is 57.4 Å². The number of nitrogens with one attached hydrogen (secondary N) is 1. The SMILES string of the molecule is CCCn1cc(-c2ccccc2)c(=O)[nH]c1=O. The van der Waals surface area contributed by atoms with E-state index in [-0.39, 0.29) is 11.2 Å². The molecule has 0 amide bonds. The Morgan fingerprint density at radius 3 is 2.53 bits per heavy atom. The number of H-pyrrole nitrogens is 1. The fraction of sp³-hybridized carbons (Fsp3) is 0.231.